The van der Waals surface area contributed by atoms with Crippen LogP contribution in [0, 0.1) is 11.3 Å². The van der Waals surface area contributed by atoms with Crippen molar-refractivity contribution in [2.75, 3.05) is 43.1 Å². The monoisotopic (exact) mass is 659 g/mol. The number of aromatic hydroxyl groups is 1. The van der Waals surface area contributed by atoms with E-state index < -0.39 is 24.0 Å². The highest BCUT2D eigenvalue weighted by Gasteiger charge is 2.36. The molecule has 0 saturated carbocycles. The van der Waals surface area contributed by atoms with Crippen LogP contribution < -0.4 is 21.1 Å². The maximum absolute atomic E-state index is 11.7. The van der Waals surface area contributed by atoms with Gasteiger partial charge in [-0.2, -0.15) is 5.26 Å². The van der Waals surface area contributed by atoms with Gasteiger partial charge >= 0.3 is 0 Å². The summed E-state index contributed by atoms with van der Waals surface area (Å²) in [5.41, 5.74) is 14.9. The van der Waals surface area contributed by atoms with Gasteiger partial charge in [-0.15, -0.1) is 0 Å². The number of nitrogens with zero attached hydrogens (tertiary/aromatic N) is 3. The lowest BCUT2D eigenvalue weighted by atomic mass is 9.93. The number of carbonyl (C=O) groups is 2. The molecule has 2 amide bonds. The van der Waals surface area contributed by atoms with Crippen molar-refractivity contribution in [3.05, 3.63) is 87.4 Å². The number of ether oxygens (including phenoxy) is 1. The number of benzene rings is 4. The molecule has 2 atom stereocenters. The molecular formula is C32H30BrN5O6. The number of rotatable bonds is 5. The van der Waals surface area contributed by atoms with Gasteiger partial charge in [0.25, 0.3) is 11.8 Å². The number of aliphatic hydroxyl groups excluding tert-OH is 2. The van der Waals surface area contributed by atoms with Crippen molar-refractivity contribution >= 4 is 55.6 Å². The molecule has 0 saturated heterocycles. The van der Waals surface area contributed by atoms with E-state index in [-0.39, 0.29) is 34.7 Å². The van der Waals surface area contributed by atoms with Gasteiger partial charge in [-0.05, 0) is 51.8 Å². The molecule has 0 aromatic heterocycles. The fourth-order valence-corrected chi connectivity index (χ4v) is 6.09. The number of amides is 2. The van der Waals surface area contributed by atoms with Crippen molar-refractivity contribution in [1.29, 1.82) is 5.26 Å². The van der Waals surface area contributed by atoms with E-state index in [1.807, 2.05) is 47.4 Å². The number of aliphatic hydroxyl groups is 2. The third-order valence-electron chi connectivity index (χ3n) is 7.52. The zero-order chi connectivity index (χ0) is 31.7. The molecule has 0 fully saturated rings. The van der Waals surface area contributed by atoms with Gasteiger partial charge in [-0.1, -0.05) is 30.3 Å². The minimum Gasteiger partial charge on any atom is -0.507 e. The number of nitrogen functional groups attached to an aromatic ring is 2. The van der Waals surface area contributed by atoms with Crippen LogP contribution in [0.3, 0.4) is 0 Å². The van der Waals surface area contributed by atoms with Crippen LogP contribution in [0.4, 0.5) is 17.1 Å². The average molecular weight is 661 g/mol. The second-order valence-electron chi connectivity index (χ2n) is 10.6. The number of nitriles is 1. The summed E-state index contributed by atoms with van der Waals surface area (Å²) in [6.07, 6.45) is -0.815. The molecule has 2 aliphatic heterocycles. The predicted molar refractivity (Wildman–Crippen MR) is 170 cm³/mol. The van der Waals surface area contributed by atoms with Crippen molar-refractivity contribution in [2.45, 2.75) is 18.6 Å². The molecule has 12 heteroatoms. The zero-order valence-electron chi connectivity index (χ0n) is 23.7. The molecule has 4 aromatic rings. The maximum Gasteiger partial charge on any atom is 0.262 e. The molecule has 0 spiro atoms. The molecule has 2 unspecified atom stereocenters. The Morgan fingerprint density at radius 2 is 1.84 bits per heavy atom. The lowest BCUT2D eigenvalue weighted by Gasteiger charge is -2.36. The van der Waals surface area contributed by atoms with Gasteiger partial charge in [0.1, 0.15) is 30.3 Å². The third kappa shape index (κ3) is 5.72. The topological polar surface area (TPSA) is 186 Å². The number of para-hydroxylation sites is 1. The molecule has 2 heterocycles. The maximum atomic E-state index is 11.7. The Morgan fingerprint density at radius 1 is 1.11 bits per heavy atom. The average Bonchev–Trinajstić information content (AvgIpc) is 3.21. The number of phenolic OH excluding ortho intramolecular Hbond substituents is 1. The van der Waals surface area contributed by atoms with E-state index in [4.69, 9.17) is 21.5 Å². The normalized spacial score (nSPS) is 16.1. The summed E-state index contributed by atoms with van der Waals surface area (Å²) in [6.45, 7) is 0.833. The highest BCUT2D eigenvalue weighted by atomic mass is 79.9. The van der Waals surface area contributed by atoms with Crippen LogP contribution in [-0.4, -0.2) is 71.0 Å². The van der Waals surface area contributed by atoms with Crippen LogP contribution in [0.5, 0.6) is 11.5 Å². The Morgan fingerprint density at radius 3 is 2.55 bits per heavy atom. The van der Waals surface area contributed by atoms with Crippen LogP contribution in [-0.2, 0) is 6.42 Å². The number of β-amino-alcohol motifs (C(OH)–C–C–N with tert-alkyl or cyclic N) is 2. The van der Waals surface area contributed by atoms with Crippen LogP contribution in [0.2, 0.25) is 0 Å². The highest BCUT2D eigenvalue weighted by molar-refractivity contribution is 9.10. The number of phenols is 1. The number of hydrogen-bond acceptors (Lipinski definition) is 10. The molecule has 2 aliphatic rings. The van der Waals surface area contributed by atoms with Gasteiger partial charge in [-0.3, -0.25) is 14.5 Å². The summed E-state index contributed by atoms with van der Waals surface area (Å²) in [5.74, 6) is -0.0131. The zero-order valence-corrected chi connectivity index (χ0v) is 25.3. The van der Waals surface area contributed by atoms with E-state index in [2.05, 4.69) is 15.9 Å². The van der Waals surface area contributed by atoms with Gasteiger partial charge in [0, 0.05) is 48.7 Å². The smallest absolute Gasteiger partial charge is 0.262 e. The second-order valence-corrected chi connectivity index (χ2v) is 11.4. The number of hydrogen-bond donors (Lipinski definition) is 5. The summed E-state index contributed by atoms with van der Waals surface area (Å²) < 4.78 is 5.96. The molecule has 0 radical (unpaired) electrons. The van der Waals surface area contributed by atoms with E-state index >= 15 is 0 Å². The number of halogens is 1. The first-order valence-corrected chi connectivity index (χ1v) is 14.5. The molecule has 11 nitrogen and oxygen atoms in total. The van der Waals surface area contributed by atoms with E-state index in [9.17, 15) is 24.9 Å². The summed E-state index contributed by atoms with van der Waals surface area (Å²) >= 11 is 3.14. The number of fused-ring (bicyclic) bond motifs is 4. The minimum atomic E-state index is -0.747. The molecule has 0 bridgehead atoms. The quantitative estimate of drug-likeness (QED) is 0.157. The molecule has 226 valence electrons. The van der Waals surface area contributed by atoms with E-state index in [0.717, 1.165) is 21.5 Å². The molecule has 44 heavy (non-hydrogen) atoms. The fraction of sp³-hybridized carbons (Fsp3) is 0.219. The van der Waals surface area contributed by atoms with Gasteiger partial charge in [0.2, 0.25) is 0 Å². The van der Waals surface area contributed by atoms with Crippen LogP contribution in [0.1, 0.15) is 31.8 Å². The Kier molecular flexibility index (Phi) is 8.64. The minimum absolute atomic E-state index is 0.122. The largest absolute Gasteiger partial charge is 0.507 e. The summed E-state index contributed by atoms with van der Waals surface area (Å²) in [4.78, 5) is 26.3. The SMILES string of the molecule is CN1C(=O)c2cc(C#N)c(N)c(Br)c2C1=O.Nc1cc2c(c3cccc(O)c13)N(CC(O)COc1ccccc1)CC(O)C2. The lowest BCUT2D eigenvalue weighted by Crippen LogP contribution is -2.44. The Balaban J connectivity index is 0.000000204. The second kappa shape index (κ2) is 12.4. The first-order chi connectivity index (χ1) is 21.0. The van der Waals surface area contributed by atoms with Gasteiger partial charge in [0.05, 0.1) is 33.0 Å². The van der Waals surface area contributed by atoms with Gasteiger partial charge < -0.3 is 36.4 Å². The predicted octanol–water partition coefficient (Wildman–Crippen LogP) is 3.42. The first kappa shape index (κ1) is 30.6. The van der Waals surface area contributed by atoms with Gasteiger partial charge in [0.15, 0.2) is 0 Å². The lowest BCUT2D eigenvalue weighted by molar-refractivity contribution is 0.0692. The van der Waals surface area contributed by atoms with Gasteiger partial charge in [-0.25, -0.2) is 0 Å². The summed E-state index contributed by atoms with van der Waals surface area (Å²) in [7, 11) is 1.39. The number of carbonyl (C=O) groups excluding carboxylic acids is 2. The number of imide groups is 1. The number of nitrogens with two attached hydrogens (primary N) is 2. The fourth-order valence-electron chi connectivity index (χ4n) is 5.49. The first-order valence-electron chi connectivity index (χ1n) is 13.7. The molecular weight excluding hydrogens is 630 g/mol. The number of anilines is 3. The van der Waals surface area contributed by atoms with Crippen molar-refractivity contribution in [3.8, 4) is 17.6 Å². The molecule has 7 N–H and O–H groups in total. The summed E-state index contributed by atoms with van der Waals surface area (Å²) in [6, 6.07) is 19.7. The van der Waals surface area contributed by atoms with E-state index in [0.29, 0.717) is 40.8 Å². The third-order valence-corrected chi connectivity index (χ3v) is 8.34. The Bertz CT molecular complexity index is 1810. The Hall–Kier alpha value is -4.83. The van der Waals surface area contributed by atoms with E-state index in [1.165, 1.54) is 13.1 Å². The summed E-state index contributed by atoms with van der Waals surface area (Å²) in [5, 5.41) is 41.4. The van der Waals surface area contributed by atoms with Crippen molar-refractivity contribution in [1.82, 2.24) is 4.90 Å². The van der Waals surface area contributed by atoms with Crippen LogP contribution in [0.15, 0.2) is 65.1 Å². The van der Waals surface area contributed by atoms with E-state index in [1.54, 1.807) is 18.2 Å². The molecule has 4 aromatic carbocycles. The van der Waals surface area contributed by atoms with Crippen LogP contribution in [0.25, 0.3) is 10.8 Å². The van der Waals surface area contributed by atoms with Crippen molar-refractivity contribution in [2.24, 2.45) is 0 Å². The highest BCUT2D eigenvalue weighted by Crippen LogP contribution is 2.41. The molecule has 6 rings (SSSR count). The standard InChI is InChI=1S/C22H24N2O4.C10H6BrN3O2/c23-19-10-14-9-15(25)11-24(22(14)18-7-4-8-20(27)21(18)19)12-16(26)13-28-17-5-2-1-3-6-17;1-14-9(15)5-2-4(3-12)8(13)7(11)6(5)10(14)16/h1-8,10,15-16,25-27H,9,11-13,23H2;2H,13H2,1H3. The van der Waals surface area contributed by atoms with Crippen molar-refractivity contribution < 1.29 is 29.6 Å². The molecule has 0 aliphatic carbocycles. The van der Waals surface area contributed by atoms with Crippen LogP contribution >= 0.6 is 15.9 Å². The Labute approximate surface area is 261 Å². The van der Waals surface area contributed by atoms with Crippen molar-refractivity contribution in [3.63, 3.8) is 0 Å².